The van der Waals surface area contributed by atoms with Crippen LogP contribution in [-0.2, 0) is 16.2 Å². The molecule has 40 heavy (non-hydrogen) atoms. The van der Waals surface area contributed by atoms with Crippen molar-refractivity contribution in [1.82, 2.24) is 14.7 Å². The highest BCUT2D eigenvalue weighted by Gasteiger charge is 2.39. The summed E-state index contributed by atoms with van der Waals surface area (Å²) >= 11 is 0. The monoisotopic (exact) mass is 577 g/mol. The number of rotatable bonds is 7. The number of nitrogens with two attached hydrogens (primary N) is 1. The van der Waals surface area contributed by atoms with Gasteiger partial charge in [0.2, 0.25) is 0 Å². The average molecular weight is 578 g/mol. The lowest BCUT2D eigenvalue weighted by Gasteiger charge is -2.34. The summed E-state index contributed by atoms with van der Waals surface area (Å²) in [5.74, 6) is -0.617. The summed E-state index contributed by atoms with van der Waals surface area (Å²) in [6.07, 6.45) is -3.87. The highest BCUT2D eigenvalue weighted by Crippen LogP contribution is 2.40. The fourth-order valence-corrected chi connectivity index (χ4v) is 5.86. The number of carbonyl (C=O) groups excluding carboxylic acids is 1. The van der Waals surface area contributed by atoms with Crippen molar-refractivity contribution in [2.75, 3.05) is 23.8 Å². The van der Waals surface area contributed by atoms with Crippen LogP contribution in [0.4, 0.5) is 24.8 Å². The molecule has 0 unspecified atom stereocenters. The van der Waals surface area contributed by atoms with Gasteiger partial charge in [-0.1, -0.05) is 13.0 Å². The summed E-state index contributed by atoms with van der Waals surface area (Å²) < 4.78 is 74.1. The Morgan fingerprint density at radius 1 is 1.18 bits per heavy atom. The van der Waals surface area contributed by atoms with Crippen molar-refractivity contribution in [1.29, 1.82) is 0 Å². The molecule has 13 heteroatoms. The van der Waals surface area contributed by atoms with Gasteiger partial charge in [0.05, 0.1) is 23.4 Å². The van der Waals surface area contributed by atoms with Gasteiger partial charge < -0.3 is 15.4 Å². The zero-order valence-corrected chi connectivity index (χ0v) is 23.2. The SMILES string of the molecule is CCOc1cc(-c2ccc(C(=O)NS(=O)(=O)c3cccc(N)n3)c(N3C[C@@H](C)CC3(C)C)n2)cc(C(F)(F)F)c1. The van der Waals surface area contributed by atoms with Gasteiger partial charge >= 0.3 is 6.18 Å². The highest BCUT2D eigenvalue weighted by molar-refractivity contribution is 7.90. The summed E-state index contributed by atoms with van der Waals surface area (Å²) in [4.78, 5) is 23.7. The average Bonchev–Trinajstić information content (AvgIpc) is 3.14. The lowest BCUT2D eigenvalue weighted by atomic mass is 9.97. The Morgan fingerprint density at radius 3 is 2.50 bits per heavy atom. The van der Waals surface area contributed by atoms with Crippen LogP contribution in [0.25, 0.3) is 11.3 Å². The molecular formula is C27H30F3N5O4S. The number of nitrogens with one attached hydrogen (secondary N) is 1. The van der Waals surface area contributed by atoms with Crippen LogP contribution in [0.5, 0.6) is 5.75 Å². The Labute approximate surface area is 230 Å². The van der Waals surface area contributed by atoms with Gasteiger partial charge in [-0.15, -0.1) is 0 Å². The lowest BCUT2D eigenvalue weighted by Crippen LogP contribution is -2.41. The van der Waals surface area contributed by atoms with Crippen molar-refractivity contribution in [3.05, 3.63) is 59.7 Å². The van der Waals surface area contributed by atoms with Crippen LogP contribution < -0.4 is 20.1 Å². The second-order valence-corrected chi connectivity index (χ2v) is 11.9. The number of aromatic nitrogens is 2. The number of carbonyl (C=O) groups is 1. The van der Waals surface area contributed by atoms with Gasteiger partial charge in [-0.05, 0) is 75.6 Å². The highest BCUT2D eigenvalue weighted by atomic mass is 32.2. The molecule has 214 valence electrons. The third kappa shape index (κ3) is 6.14. The molecule has 3 heterocycles. The van der Waals surface area contributed by atoms with Gasteiger partial charge in [-0.3, -0.25) is 4.79 Å². The van der Waals surface area contributed by atoms with Crippen molar-refractivity contribution in [3.8, 4) is 17.0 Å². The van der Waals surface area contributed by atoms with E-state index in [0.29, 0.717) is 6.54 Å². The molecule has 3 aromatic rings. The number of alkyl halides is 3. The smallest absolute Gasteiger partial charge is 0.416 e. The number of pyridine rings is 2. The zero-order chi connectivity index (χ0) is 29.5. The molecule has 1 aromatic carbocycles. The first-order valence-corrected chi connectivity index (χ1v) is 14.0. The first-order valence-electron chi connectivity index (χ1n) is 12.5. The molecule has 9 nitrogen and oxygen atoms in total. The van der Waals surface area contributed by atoms with E-state index < -0.39 is 38.2 Å². The molecule has 1 amide bonds. The number of nitrogen functional groups attached to an aromatic ring is 1. The van der Waals surface area contributed by atoms with E-state index >= 15 is 0 Å². The van der Waals surface area contributed by atoms with E-state index in [0.717, 1.165) is 18.6 Å². The Morgan fingerprint density at radius 2 is 1.90 bits per heavy atom. The molecule has 0 bridgehead atoms. The number of halogens is 3. The maximum absolute atomic E-state index is 13.7. The van der Waals surface area contributed by atoms with Crippen LogP contribution in [0, 0.1) is 5.92 Å². The Hall–Kier alpha value is -3.87. The predicted molar refractivity (Wildman–Crippen MR) is 144 cm³/mol. The van der Waals surface area contributed by atoms with Crippen molar-refractivity contribution >= 4 is 27.6 Å². The van der Waals surface area contributed by atoms with E-state index in [9.17, 15) is 26.4 Å². The molecule has 3 N–H and O–H groups in total. The minimum absolute atomic E-state index is 0.0216. The quantitative estimate of drug-likeness (QED) is 0.407. The van der Waals surface area contributed by atoms with E-state index in [1.54, 1.807) is 6.92 Å². The van der Waals surface area contributed by atoms with Crippen LogP contribution in [0.15, 0.2) is 53.6 Å². The minimum Gasteiger partial charge on any atom is -0.494 e. The van der Waals surface area contributed by atoms with Gasteiger partial charge in [0.15, 0.2) is 5.03 Å². The Bertz CT molecular complexity index is 1540. The normalized spacial score (nSPS) is 17.1. The van der Waals surface area contributed by atoms with E-state index in [1.165, 1.54) is 36.4 Å². The number of hydrogen-bond acceptors (Lipinski definition) is 8. The van der Waals surface area contributed by atoms with Crippen molar-refractivity contribution in [2.24, 2.45) is 5.92 Å². The molecule has 1 atom stereocenters. The van der Waals surface area contributed by atoms with Gasteiger partial charge in [-0.2, -0.15) is 21.6 Å². The zero-order valence-electron chi connectivity index (χ0n) is 22.4. The van der Waals surface area contributed by atoms with Crippen molar-refractivity contribution in [2.45, 2.75) is 50.9 Å². The Balaban J connectivity index is 1.83. The van der Waals surface area contributed by atoms with Crippen LogP contribution in [0.1, 0.15) is 50.0 Å². The number of nitrogens with zero attached hydrogens (tertiary/aromatic N) is 3. The molecule has 1 saturated heterocycles. The number of hydrogen-bond donors (Lipinski definition) is 2. The van der Waals surface area contributed by atoms with Crippen molar-refractivity contribution < 1.29 is 31.1 Å². The van der Waals surface area contributed by atoms with Gasteiger partial charge in [0, 0.05) is 17.6 Å². The topological polar surface area (TPSA) is 128 Å². The summed E-state index contributed by atoms with van der Waals surface area (Å²) in [6.45, 7) is 8.26. The maximum atomic E-state index is 13.7. The molecule has 0 saturated carbocycles. The van der Waals surface area contributed by atoms with E-state index in [-0.39, 0.29) is 46.7 Å². The summed E-state index contributed by atoms with van der Waals surface area (Å²) in [5.41, 5.74) is 4.45. The second-order valence-electron chi connectivity index (χ2n) is 10.3. The first kappa shape index (κ1) is 29.1. The molecule has 4 rings (SSSR count). The molecule has 0 aliphatic carbocycles. The number of benzene rings is 1. The summed E-state index contributed by atoms with van der Waals surface area (Å²) in [7, 11) is -4.38. The molecular weight excluding hydrogens is 547 g/mol. The first-order chi connectivity index (χ1) is 18.6. The third-order valence-corrected chi connectivity index (χ3v) is 7.77. The van der Waals surface area contributed by atoms with Crippen molar-refractivity contribution in [3.63, 3.8) is 0 Å². The molecule has 1 aliphatic rings. The Kier molecular flexibility index (Phi) is 7.72. The van der Waals surface area contributed by atoms with Gasteiger partial charge in [0.1, 0.15) is 17.4 Å². The number of sulfonamides is 1. The maximum Gasteiger partial charge on any atom is 0.416 e. The van der Waals surface area contributed by atoms with Gasteiger partial charge in [-0.25, -0.2) is 14.7 Å². The second kappa shape index (κ2) is 10.6. The minimum atomic E-state index is -4.62. The van der Waals surface area contributed by atoms with Gasteiger partial charge in [0.25, 0.3) is 15.9 Å². The number of anilines is 2. The number of amides is 1. The van der Waals surface area contributed by atoms with Crippen LogP contribution in [0.3, 0.4) is 0 Å². The van der Waals surface area contributed by atoms with Crippen LogP contribution in [-0.4, -0.2) is 43.0 Å². The van der Waals surface area contributed by atoms with E-state index in [2.05, 4.69) is 9.97 Å². The van der Waals surface area contributed by atoms with Crippen LogP contribution in [0.2, 0.25) is 0 Å². The van der Waals surface area contributed by atoms with E-state index in [4.69, 9.17) is 10.5 Å². The summed E-state index contributed by atoms with van der Waals surface area (Å²) in [6, 6.07) is 10.0. The standard InChI is InChI=1S/C27H30F3N5O4S/c1-5-39-19-12-17(11-18(13-19)27(28,29)30)21-10-9-20(24(32-21)35-15-16(2)14-26(35,3)4)25(36)34-40(37,38)23-8-6-7-22(31)33-23/h6-13,16H,5,14-15H2,1-4H3,(H2,31,33)(H,34,36)/t16-/m0/s1. The fraction of sp³-hybridized carbons (Fsp3) is 0.370. The molecule has 2 aromatic heterocycles. The largest absolute Gasteiger partial charge is 0.494 e. The molecule has 0 spiro atoms. The molecule has 0 radical (unpaired) electrons. The fourth-order valence-electron chi connectivity index (χ4n) is 4.92. The molecule has 1 aliphatic heterocycles. The van der Waals surface area contributed by atoms with E-state index in [1.807, 2.05) is 30.4 Å². The lowest BCUT2D eigenvalue weighted by molar-refractivity contribution is -0.137. The van der Waals surface area contributed by atoms with Crippen LogP contribution >= 0.6 is 0 Å². The molecule has 1 fully saturated rings. The summed E-state index contributed by atoms with van der Waals surface area (Å²) in [5, 5.41) is -0.436. The number of ether oxygens (including phenoxy) is 1. The third-order valence-electron chi connectivity index (χ3n) is 6.54. The predicted octanol–water partition coefficient (Wildman–Crippen LogP) is 4.89.